The molecule has 1 aromatic carbocycles. The zero-order valence-electron chi connectivity index (χ0n) is 18.0. The molecule has 0 saturated carbocycles. The lowest BCUT2D eigenvalue weighted by atomic mass is 9.98. The third kappa shape index (κ3) is 4.94. The molecule has 0 aliphatic carbocycles. The minimum Gasteiger partial charge on any atom is -0.462 e. The van der Waals surface area contributed by atoms with Gasteiger partial charge in [0.25, 0.3) is 0 Å². The van der Waals surface area contributed by atoms with Crippen LogP contribution in [-0.2, 0) is 13.2 Å². The van der Waals surface area contributed by atoms with E-state index < -0.39 is 0 Å². The topological polar surface area (TPSA) is 78.8 Å². The van der Waals surface area contributed by atoms with E-state index in [-0.39, 0.29) is 6.61 Å². The number of furan rings is 1. The lowest BCUT2D eigenvalue weighted by Crippen LogP contribution is -2.37. The van der Waals surface area contributed by atoms with Gasteiger partial charge in [0.2, 0.25) is 0 Å². The highest BCUT2D eigenvalue weighted by atomic mass is 79.9. The summed E-state index contributed by atoms with van der Waals surface area (Å²) in [6.45, 7) is 3.56. The number of anilines is 1. The summed E-state index contributed by atoms with van der Waals surface area (Å²) in [6.07, 6.45) is 4.07. The van der Waals surface area contributed by atoms with Gasteiger partial charge < -0.3 is 14.8 Å². The molecule has 1 atom stereocenters. The average Bonchev–Trinajstić information content (AvgIpc) is 3.44. The van der Waals surface area contributed by atoms with E-state index in [1.165, 1.54) is 0 Å². The fraction of sp³-hybridized carbons (Fsp3) is 0.333. The number of piperidine rings is 1. The Labute approximate surface area is 205 Å². The third-order valence-corrected chi connectivity index (χ3v) is 6.90. The van der Waals surface area contributed by atoms with Crippen molar-refractivity contribution in [2.45, 2.75) is 26.0 Å². The number of fused-ring (bicyclic) bond motifs is 1. The largest absolute Gasteiger partial charge is 0.462 e. The van der Waals surface area contributed by atoms with E-state index in [9.17, 15) is 5.11 Å². The summed E-state index contributed by atoms with van der Waals surface area (Å²) in [5.41, 5.74) is 2.44. The number of nitrogens with zero attached hydrogens (tertiary/aromatic N) is 4. The van der Waals surface area contributed by atoms with Crippen LogP contribution in [0.3, 0.4) is 0 Å². The van der Waals surface area contributed by atoms with Gasteiger partial charge >= 0.3 is 0 Å². The molecule has 0 spiro atoms. The fourth-order valence-electron chi connectivity index (χ4n) is 4.39. The molecule has 33 heavy (non-hydrogen) atoms. The minimum atomic E-state index is -0.0628. The molecule has 1 aliphatic rings. The zero-order chi connectivity index (χ0) is 22.8. The van der Waals surface area contributed by atoms with Crippen LogP contribution in [0.1, 0.15) is 24.4 Å². The van der Waals surface area contributed by atoms with Crippen molar-refractivity contribution in [1.29, 1.82) is 0 Å². The van der Waals surface area contributed by atoms with Crippen molar-refractivity contribution < 1.29 is 9.52 Å². The highest BCUT2D eigenvalue weighted by molar-refractivity contribution is 9.10. The predicted molar refractivity (Wildman–Crippen MR) is 132 cm³/mol. The van der Waals surface area contributed by atoms with Crippen LogP contribution in [0.5, 0.6) is 0 Å². The highest BCUT2D eigenvalue weighted by Crippen LogP contribution is 2.30. The smallest absolute Gasteiger partial charge is 0.172 e. The predicted octanol–water partition coefficient (Wildman–Crippen LogP) is 5.22. The second-order valence-corrected chi connectivity index (χ2v) is 9.65. The Balaban J connectivity index is 1.32. The van der Waals surface area contributed by atoms with Crippen LogP contribution in [0.4, 0.5) is 5.82 Å². The van der Waals surface area contributed by atoms with Crippen molar-refractivity contribution in [1.82, 2.24) is 19.5 Å². The Hall–Kier alpha value is -2.39. The van der Waals surface area contributed by atoms with E-state index in [4.69, 9.17) is 21.0 Å². The van der Waals surface area contributed by atoms with Crippen molar-refractivity contribution in [3.63, 3.8) is 0 Å². The molecule has 3 aromatic heterocycles. The Morgan fingerprint density at radius 1 is 1.21 bits per heavy atom. The number of aliphatic hydroxyl groups is 1. The van der Waals surface area contributed by atoms with E-state index in [1.54, 1.807) is 6.20 Å². The summed E-state index contributed by atoms with van der Waals surface area (Å²) in [5, 5.41) is 18.0. The van der Waals surface area contributed by atoms with Crippen molar-refractivity contribution in [2.75, 3.05) is 25.0 Å². The van der Waals surface area contributed by atoms with Gasteiger partial charge in [-0.25, -0.2) is 4.98 Å². The summed E-state index contributed by atoms with van der Waals surface area (Å²) >= 11 is 10.0. The van der Waals surface area contributed by atoms with Gasteiger partial charge in [-0.3, -0.25) is 4.90 Å². The van der Waals surface area contributed by atoms with Crippen molar-refractivity contribution in [2.24, 2.45) is 5.92 Å². The van der Waals surface area contributed by atoms with Gasteiger partial charge in [-0.15, -0.1) is 0 Å². The average molecular weight is 531 g/mol. The second kappa shape index (κ2) is 9.85. The van der Waals surface area contributed by atoms with Crippen LogP contribution in [0.15, 0.2) is 57.6 Å². The van der Waals surface area contributed by atoms with Gasteiger partial charge in [-0.2, -0.15) is 9.61 Å². The molecule has 9 heteroatoms. The molecule has 172 valence electrons. The number of aliphatic hydroxyl groups excluding tert-OH is 1. The Kier molecular flexibility index (Phi) is 6.69. The first kappa shape index (κ1) is 22.4. The number of hydrogen-bond acceptors (Lipinski definition) is 6. The highest BCUT2D eigenvalue weighted by Gasteiger charge is 2.22. The first-order chi connectivity index (χ1) is 16.1. The van der Waals surface area contributed by atoms with Crippen LogP contribution in [0.2, 0.25) is 5.02 Å². The summed E-state index contributed by atoms with van der Waals surface area (Å²) in [6, 6.07) is 13.5. The maximum atomic E-state index is 9.22. The number of likely N-dealkylation sites (tertiary alicyclic amines) is 1. The maximum Gasteiger partial charge on any atom is 0.172 e. The van der Waals surface area contributed by atoms with Crippen LogP contribution in [0.25, 0.3) is 16.9 Å². The maximum absolute atomic E-state index is 9.22. The van der Waals surface area contributed by atoms with Crippen LogP contribution >= 0.6 is 27.5 Å². The Morgan fingerprint density at radius 2 is 2.06 bits per heavy atom. The van der Waals surface area contributed by atoms with Crippen LogP contribution < -0.4 is 5.32 Å². The van der Waals surface area contributed by atoms with Gasteiger partial charge in [0.1, 0.15) is 23.9 Å². The van der Waals surface area contributed by atoms with Gasteiger partial charge in [-0.1, -0.05) is 29.8 Å². The molecular weight excluding hydrogens is 506 g/mol. The normalized spacial score (nSPS) is 17.0. The number of benzene rings is 1. The summed E-state index contributed by atoms with van der Waals surface area (Å²) in [7, 11) is 0. The lowest BCUT2D eigenvalue weighted by Gasteiger charge is -2.32. The quantitative estimate of drug-likeness (QED) is 0.341. The Bertz CT molecular complexity index is 1260. The van der Waals surface area contributed by atoms with E-state index in [1.807, 2.05) is 47.0 Å². The second-order valence-electron chi connectivity index (χ2n) is 8.38. The van der Waals surface area contributed by atoms with E-state index in [2.05, 4.69) is 31.2 Å². The first-order valence-electron chi connectivity index (χ1n) is 11.0. The van der Waals surface area contributed by atoms with Crippen molar-refractivity contribution >= 4 is 39.0 Å². The van der Waals surface area contributed by atoms with Crippen LogP contribution in [-0.4, -0.2) is 44.2 Å². The third-order valence-electron chi connectivity index (χ3n) is 6.01. The molecule has 4 aromatic rings. The van der Waals surface area contributed by atoms with Crippen LogP contribution in [0, 0.1) is 5.92 Å². The molecule has 0 amide bonds. The molecule has 2 N–H and O–H groups in total. The fourth-order valence-corrected chi connectivity index (χ4v) is 4.97. The number of nitrogens with one attached hydrogen (secondary N) is 1. The zero-order valence-corrected chi connectivity index (χ0v) is 20.4. The van der Waals surface area contributed by atoms with E-state index >= 15 is 0 Å². The van der Waals surface area contributed by atoms with Gasteiger partial charge in [0.05, 0.1) is 22.9 Å². The number of hydrogen-bond donors (Lipinski definition) is 2. The molecule has 7 nitrogen and oxygen atoms in total. The lowest BCUT2D eigenvalue weighted by molar-refractivity contribution is 0.158. The molecule has 4 heterocycles. The first-order valence-corrected chi connectivity index (χ1v) is 12.2. The number of halogens is 2. The SMILES string of the molecule is OCc1ccc(CN2CCCC(CNc3cc(-c4ccccc4Cl)nc4c(Br)cnn34)C2)o1. The molecule has 1 fully saturated rings. The number of rotatable bonds is 7. The van der Waals surface area contributed by atoms with Gasteiger partial charge in [0.15, 0.2) is 5.65 Å². The molecule has 0 bridgehead atoms. The molecule has 0 radical (unpaired) electrons. The minimum absolute atomic E-state index is 0.0628. The molecule has 5 rings (SSSR count). The Morgan fingerprint density at radius 3 is 2.88 bits per heavy atom. The van der Waals surface area contributed by atoms with Crippen molar-refractivity contribution in [3.8, 4) is 11.3 Å². The molecule has 1 unspecified atom stereocenters. The van der Waals surface area contributed by atoms with Gasteiger partial charge in [0, 0.05) is 29.7 Å². The molecule has 1 aliphatic heterocycles. The monoisotopic (exact) mass is 529 g/mol. The summed E-state index contributed by atoms with van der Waals surface area (Å²) in [5.74, 6) is 2.89. The summed E-state index contributed by atoms with van der Waals surface area (Å²) < 4.78 is 8.34. The molecule has 1 saturated heterocycles. The summed E-state index contributed by atoms with van der Waals surface area (Å²) in [4.78, 5) is 7.20. The molecular formula is C24H25BrClN5O2. The number of aromatic nitrogens is 3. The van der Waals surface area contributed by atoms with Crippen molar-refractivity contribution in [3.05, 3.63) is 69.7 Å². The van der Waals surface area contributed by atoms with Gasteiger partial charge in [-0.05, 0) is 59.4 Å². The van der Waals surface area contributed by atoms with E-state index in [0.717, 1.165) is 72.0 Å². The van der Waals surface area contributed by atoms with E-state index in [0.29, 0.717) is 16.7 Å². The standard InChI is InChI=1S/C24H25BrClN5O2/c25-20-12-28-31-23(10-22(29-24(20)31)19-5-1-2-6-21(19)26)27-11-16-4-3-9-30(13-16)14-17-7-8-18(15-32)33-17/h1-2,5-8,10,12,16,27,32H,3-4,9,11,13-15H2.